The van der Waals surface area contributed by atoms with Gasteiger partial charge in [-0.3, -0.25) is 18.2 Å². The van der Waals surface area contributed by atoms with Gasteiger partial charge in [0.15, 0.2) is 5.75 Å². The highest BCUT2D eigenvalue weighted by molar-refractivity contribution is 7.87. The minimum atomic E-state index is -5.06. The fourth-order valence-corrected chi connectivity index (χ4v) is 9.51. The van der Waals surface area contributed by atoms with E-state index in [9.17, 15) is 57.0 Å². The Labute approximate surface area is 435 Å². The Balaban J connectivity index is 1.10. The number of aromatic hydroxyl groups is 1. The largest absolute Gasteiger partial charge is 0.505 e. The summed E-state index contributed by atoms with van der Waals surface area (Å²) in [6, 6.07) is 26.5. The van der Waals surface area contributed by atoms with Gasteiger partial charge in [0.1, 0.15) is 38.4 Å². The lowest BCUT2D eigenvalue weighted by atomic mass is 10.1. The molecule has 0 atom stereocenters. The molecule has 7 aromatic rings. The van der Waals surface area contributed by atoms with Crippen LogP contribution in [0.3, 0.4) is 0 Å². The Morgan fingerprint density at radius 1 is 0.500 bits per heavy atom. The lowest BCUT2D eigenvalue weighted by Crippen LogP contribution is -2.08. The van der Waals surface area contributed by atoms with Crippen molar-refractivity contribution in [3.05, 3.63) is 131 Å². The highest BCUT2D eigenvalue weighted by atomic mass is 32.2. The van der Waals surface area contributed by atoms with E-state index < -0.39 is 78.0 Å². The second kappa shape index (κ2) is 22.5. The average Bonchev–Trinajstić information content (AvgIpc) is 3.34. The van der Waals surface area contributed by atoms with Gasteiger partial charge in [0.2, 0.25) is 0 Å². The molecule has 0 fully saturated rings. The van der Waals surface area contributed by atoms with Crippen LogP contribution in [0.5, 0.6) is 17.2 Å². The van der Waals surface area contributed by atoms with E-state index in [0.29, 0.717) is 67.9 Å². The van der Waals surface area contributed by atoms with Crippen molar-refractivity contribution in [1.82, 2.24) is 0 Å². The van der Waals surface area contributed by atoms with Gasteiger partial charge in [0.25, 0.3) is 40.5 Å². The van der Waals surface area contributed by atoms with E-state index in [0.717, 1.165) is 17.8 Å². The maximum atomic E-state index is 12.6. The zero-order chi connectivity index (χ0) is 55.3. The van der Waals surface area contributed by atoms with Crippen molar-refractivity contribution in [3.8, 4) is 17.2 Å². The lowest BCUT2D eigenvalue weighted by Gasteiger charge is -2.12. The second-order valence-electron chi connectivity index (χ2n) is 16.7. The number of ether oxygens (including phenoxy) is 2. The smallest absolute Gasteiger partial charge is 0.296 e. The summed E-state index contributed by atoms with van der Waals surface area (Å²) in [4.78, 5) is -2.44. The molecule has 0 unspecified atom stereocenters. The first-order valence-corrected chi connectivity index (χ1v) is 28.0. The normalized spacial score (nSPS) is 12.7. The van der Waals surface area contributed by atoms with Gasteiger partial charge in [-0.1, -0.05) is 0 Å². The van der Waals surface area contributed by atoms with Gasteiger partial charge in [-0.25, -0.2) is 0 Å². The maximum absolute atomic E-state index is 12.6. The zero-order valence-electron chi connectivity index (χ0n) is 40.5. The number of azo groups is 4. The number of phenols is 1. The van der Waals surface area contributed by atoms with Crippen molar-refractivity contribution in [1.29, 1.82) is 0 Å². The Bertz CT molecular complexity index is 4020. The summed E-state index contributed by atoms with van der Waals surface area (Å²) in [6.07, 6.45) is -0.132. The highest BCUT2D eigenvalue weighted by Gasteiger charge is 2.24. The number of hydrogen-bond donors (Lipinski definition) is 6. The number of methoxy groups -OCH3 is 1. The summed E-state index contributed by atoms with van der Waals surface area (Å²) >= 11 is 0. The van der Waals surface area contributed by atoms with E-state index in [1.807, 2.05) is 0 Å². The topological polar surface area (TPSA) is 367 Å². The summed E-state index contributed by atoms with van der Waals surface area (Å²) in [7, 11) is -17.6. The molecule has 0 bridgehead atoms. The van der Waals surface area contributed by atoms with E-state index in [2.05, 4.69) is 46.2 Å². The van der Waals surface area contributed by atoms with E-state index >= 15 is 0 Å². The molecule has 7 rings (SSSR count). The highest BCUT2D eigenvalue weighted by Crippen LogP contribution is 2.44. The van der Waals surface area contributed by atoms with Gasteiger partial charge < -0.3 is 19.9 Å². The van der Waals surface area contributed by atoms with Gasteiger partial charge in [-0.15, -0.1) is 15.3 Å². The van der Waals surface area contributed by atoms with E-state index in [-0.39, 0.29) is 35.5 Å². The number of phenolic OH excluding ortho intramolecular Hbond substituents is 1. The first-order chi connectivity index (χ1) is 35.7. The lowest BCUT2D eigenvalue weighted by molar-refractivity contribution is 0.317. The van der Waals surface area contributed by atoms with Gasteiger partial charge in [0, 0.05) is 22.8 Å². The Kier molecular flexibility index (Phi) is 16.5. The van der Waals surface area contributed by atoms with Crippen LogP contribution in [0.2, 0.25) is 0 Å². The first-order valence-electron chi connectivity index (χ1n) is 22.1. The standard InChI is InChI=1S/C48H45N9O15S4/c1-27-19-34(10-15-38(27)51-56-43-22-30(4)42(26-44(43)72-17-6-18-73(59,60)61)54-52-39-16-13-36(74(62,63)64)25-45(39)75(65,66)67)50-53-40-20-29(3)41(21-28(40)2)55-57-47-46(76(68,69)70)24-31-23-33(9-14-37(31)48(47)58)49-32-7-11-35(71-5)12-8-32/h7-16,19-26,49,58H,6,17-18H2,1-5H3,(H,59,60,61)(H,62,63,64)(H,65,66,67)(H,68,69,70)/b53-50?,54-52?,56-51?,57-55-. The third-order valence-electron chi connectivity index (χ3n) is 11.1. The maximum Gasteiger partial charge on any atom is 0.296 e. The molecule has 0 aliphatic carbocycles. The number of anilines is 2. The first kappa shape index (κ1) is 55.8. The molecule has 0 aromatic heterocycles. The van der Waals surface area contributed by atoms with Crippen molar-refractivity contribution < 1.29 is 66.5 Å². The van der Waals surface area contributed by atoms with Crippen LogP contribution in [0.15, 0.2) is 165 Å². The van der Waals surface area contributed by atoms with E-state index in [4.69, 9.17) is 9.47 Å². The second-order valence-corrected chi connectivity index (χ2v) is 22.5. The average molecular weight is 1120 g/mol. The van der Waals surface area contributed by atoms with E-state index in [1.165, 1.54) is 18.2 Å². The molecular weight excluding hydrogens is 1070 g/mol. The van der Waals surface area contributed by atoms with Crippen LogP contribution in [-0.2, 0) is 40.5 Å². The third-order valence-corrected chi connectivity index (χ3v) is 14.5. The predicted molar refractivity (Wildman–Crippen MR) is 279 cm³/mol. The van der Waals surface area contributed by atoms with Gasteiger partial charge >= 0.3 is 0 Å². The van der Waals surface area contributed by atoms with Gasteiger partial charge in [-0.2, -0.15) is 59.2 Å². The number of hydrogen-bond acceptors (Lipinski definition) is 20. The quantitative estimate of drug-likeness (QED) is 0.0249. The summed E-state index contributed by atoms with van der Waals surface area (Å²) in [5, 5.41) is 48.8. The Morgan fingerprint density at radius 2 is 1.04 bits per heavy atom. The summed E-state index contributed by atoms with van der Waals surface area (Å²) in [6.45, 7) is 6.56. The Hall–Kier alpha value is -7.96. The van der Waals surface area contributed by atoms with Crippen LogP contribution in [0.25, 0.3) is 10.8 Å². The van der Waals surface area contributed by atoms with Crippen LogP contribution in [0.1, 0.15) is 28.7 Å². The number of aryl methyl sites for hydroxylation is 4. The molecule has 28 heteroatoms. The SMILES string of the molecule is COc1ccc(Nc2ccc3c(O)c(/N=N\c4cc(C)c(N=Nc5ccc(N=Nc6cc(C)c(N=Nc7ccc(S(=O)(=O)O)cc7S(=O)(=O)O)cc6OCCCS(=O)(=O)O)c(C)c5)cc4C)c(S(=O)(=O)O)cc3c2)cc1. The number of benzene rings is 7. The molecule has 396 valence electrons. The molecule has 0 radical (unpaired) electrons. The van der Waals surface area contributed by atoms with Crippen LogP contribution < -0.4 is 14.8 Å². The summed E-state index contributed by atoms with van der Waals surface area (Å²) in [5.74, 6) is -0.456. The van der Waals surface area contributed by atoms with Crippen molar-refractivity contribution >= 4 is 108 Å². The fraction of sp³-hybridized carbons (Fsp3) is 0.167. The third kappa shape index (κ3) is 14.0. The van der Waals surface area contributed by atoms with Crippen molar-refractivity contribution in [2.24, 2.45) is 40.9 Å². The number of fused-ring (bicyclic) bond motifs is 1. The molecule has 6 N–H and O–H groups in total. The number of nitrogens with one attached hydrogen (secondary N) is 1. The van der Waals surface area contributed by atoms with Crippen molar-refractivity contribution in [2.75, 3.05) is 24.8 Å². The molecule has 76 heavy (non-hydrogen) atoms. The number of rotatable bonds is 19. The molecule has 0 heterocycles. The molecule has 0 spiro atoms. The molecule has 24 nitrogen and oxygen atoms in total. The van der Waals surface area contributed by atoms with Crippen LogP contribution in [0, 0.1) is 27.7 Å². The van der Waals surface area contributed by atoms with E-state index in [1.54, 1.807) is 108 Å². The molecule has 7 aromatic carbocycles. The fourth-order valence-electron chi connectivity index (χ4n) is 7.14. The molecule has 0 amide bonds. The van der Waals surface area contributed by atoms with Gasteiger partial charge in [-0.05, 0) is 165 Å². The predicted octanol–water partition coefficient (Wildman–Crippen LogP) is 12.6. The van der Waals surface area contributed by atoms with Crippen LogP contribution >= 0.6 is 0 Å². The number of nitrogens with zero attached hydrogens (tertiary/aromatic N) is 8. The van der Waals surface area contributed by atoms with Crippen LogP contribution in [0.4, 0.5) is 56.9 Å². The minimum Gasteiger partial charge on any atom is -0.505 e. The van der Waals surface area contributed by atoms with Crippen molar-refractivity contribution in [3.63, 3.8) is 0 Å². The van der Waals surface area contributed by atoms with Crippen LogP contribution in [-0.4, -0.2) is 76.5 Å². The van der Waals surface area contributed by atoms with Gasteiger partial charge in [0.05, 0.1) is 52.8 Å². The summed E-state index contributed by atoms with van der Waals surface area (Å²) < 4.78 is 145. The molecule has 0 saturated heterocycles. The zero-order valence-corrected chi connectivity index (χ0v) is 43.8. The monoisotopic (exact) mass is 1120 g/mol. The molecule has 0 aliphatic rings. The molecule has 0 aliphatic heterocycles. The molecular formula is C48H45N9O15S4. The molecule has 0 saturated carbocycles. The Morgan fingerprint density at radius 3 is 1.64 bits per heavy atom. The van der Waals surface area contributed by atoms with Crippen molar-refractivity contribution in [2.45, 2.75) is 48.8 Å². The summed E-state index contributed by atoms with van der Waals surface area (Å²) in [5.41, 5.74) is 4.33. The minimum absolute atomic E-state index is 0.0140.